The predicted octanol–water partition coefficient (Wildman–Crippen LogP) is 2.39. The summed E-state index contributed by atoms with van der Waals surface area (Å²) in [4.78, 5) is 11.5. The van der Waals surface area contributed by atoms with Gasteiger partial charge in [0, 0.05) is 21.3 Å². The van der Waals surface area contributed by atoms with E-state index in [-0.39, 0.29) is 11.4 Å². The number of benzene rings is 1. The van der Waals surface area contributed by atoms with Gasteiger partial charge < -0.3 is 10.2 Å². The lowest BCUT2D eigenvalue weighted by molar-refractivity contribution is 0.0693. The highest BCUT2D eigenvalue weighted by molar-refractivity contribution is 9.10. The predicted molar refractivity (Wildman–Crippen MR) is 81.1 cm³/mol. The number of phenols is 1. The molecule has 0 bridgehead atoms. The van der Waals surface area contributed by atoms with Gasteiger partial charge in [-0.05, 0) is 40.2 Å². The Morgan fingerprint density at radius 1 is 1.33 bits per heavy atom. The van der Waals surface area contributed by atoms with Crippen molar-refractivity contribution in [2.24, 2.45) is 0 Å². The molecule has 0 aliphatic carbocycles. The van der Waals surface area contributed by atoms with E-state index in [1.807, 2.05) is 5.38 Å². The summed E-state index contributed by atoms with van der Waals surface area (Å²) in [6.45, 7) is 0.0991. The SMILES string of the molecule is O=C(O)c1cc(S(=O)(=O)NCc2cc(Br)cs2)ccc1O. The van der Waals surface area contributed by atoms with E-state index in [9.17, 15) is 18.3 Å². The fourth-order valence-electron chi connectivity index (χ4n) is 1.55. The second-order valence-corrected chi connectivity index (χ2v) is 7.72. The molecular weight excluding hydrogens is 382 g/mol. The van der Waals surface area contributed by atoms with Crippen LogP contribution in [0.3, 0.4) is 0 Å². The van der Waals surface area contributed by atoms with Crippen LogP contribution in [0.5, 0.6) is 5.75 Å². The number of nitrogens with one attached hydrogen (secondary N) is 1. The summed E-state index contributed by atoms with van der Waals surface area (Å²) in [5, 5.41) is 20.1. The fraction of sp³-hybridized carbons (Fsp3) is 0.0833. The molecule has 2 aromatic rings. The Bertz CT molecular complexity index is 785. The van der Waals surface area contributed by atoms with Gasteiger partial charge in [-0.2, -0.15) is 0 Å². The Morgan fingerprint density at radius 2 is 2.05 bits per heavy atom. The first-order valence-corrected chi connectivity index (χ1v) is 8.74. The topological polar surface area (TPSA) is 104 Å². The molecule has 0 aliphatic rings. The summed E-state index contributed by atoms with van der Waals surface area (Å²) in [5.74, 6) is -1.88. The number of hydrogen-bond acceptors (Lipinski definition) is 5. The maximum Gasteiger partial charge on any atom is 0.339 e. The summed E-state index contributed by atoms with van der Waals surface area (Å²) < 4.78 is 27.4. The monoisotopic (exact) mass is 391 g/mol. The van der Waals surface area contributed by atoms with Crippen molar-refractivity contribution in [2.75, 3.05) is 0 Å². The van der Waals surface area contributed by atoms with E-state index < -0.39 is 27.3 Å². The normalized spacial score (nSPS) is 11.5. The lowest BCUT2D eigenvalue weighted by atomic mass is 10.2. The Morgan fingerprint density at radius 3 is 2.62 bits per heavy atom. The van der Waals surface area contributed by atoms with Gasteiger partial charge in [0.25, 0.3) is 0 Å². The highest BCUT2D eigenvalue weighted by atomic mass is 79.9. The first kappa shape index (κ1) is 16.0. The number of carbonyl (C=O) groups is 1. The molecule has 9 heteroatoms. The average Bonchev–Trinajstić information content (AvgIpc) is 2.82. The van der Waals surface area contributed by atoms with Crippen molar-refractivity contribution in [1.29, 1.82) is 0 Å². The van der Waals surface area contributed by atoms with Gasteiger partial charge in [-0.1, -0.05) is 0 Å². The highest BCUT2D eigenvalue weighted by Crippen LogP contribution is 2.23. The Hall–Kier alpha value is -1.42. The fourth-order valence-corrected chi connectivity index (χ4v) is 4.06. The summed E-state index contributed by atoms with van der Waals surface area (Å²) in [6.07, 6.45) is 0. The van der Waals surface area contributed by atoms with Gasteiger partial charge in [0.2, 0.25) is 10.0 Å². The largest absolute Gasteiger partial charge is 0.507 e. The number of hydrogen-bond donors (Lipinski definition) is 3. The molecule has 0 fully saturated rings. The van der Waals surface area contributed by atoms with Crippen molar-refractivity contribution in [1.82, 2.24) is 4.72 Å². The molecule has 0 unspecified atom stereocenters. The third kappa shape index (κ3) is 3.82. The Labute approximate surface area is 133 Å². The lowest BCUT2D eigenvalue weighted by Gasteiger charge is -2.07. The van der Waals surface area contributed by atoms with Crippen LogP contribution in [0.4, 0.5) is 0 Å². The summed E-state index contributed by atoms with van der Waals surface area (Å²) >= 11 is 4.66. The average molecular weight is 392 g/mol. The molecule has 0 saturated heterocycles. The van der Waals surface area contributed by atoms with Gasteiger partial charge in [-0.25, -0.2) is 17.9 Å². The first-order chi connectivity index (χ1) is 9.79. The van der Waals surface area contributed by atoms with Gasteiger partial charge in [0.1, 0.15) is 11.3 Å². The van der Waals surface area contributed by atoms with E-state index in [0.29, 0.717) is 0 Å². The molecule has 21 heavy (non-hydrogen) atoms. The molecule has 3 N–H and O–H groups in total. The van der Waals surface area contributed by atoms with Crippen LogP contribution in [0.15, 0.2) is 39.0 Å². The van der Waals surface area contributed by atoms with Crippen LogP contribution in [0, 0.1) is 0 Å². The minimum absolute atomic E-state index is 0.0991. The molecule has 0 aliphatic heterocycles. The smallest absolute Gasteiger partial charge is 0.339 e. The van der Waals surface area contributed by atoms with Crippen molar-refractivity contribution >= 4 is 43.3 Å². The van der Waals surface area contributed by atoms with Crippen molar-refractivity contribution < 1.29 is 23.4 Å². The second kappa shape index (κ2) is 6.14. The van der Waals surface area contributed by atoms with Crippen LogP contribution in [-0.4, -0.2) is 24.6 Å². The lowest BCUT2D eigenvalue weighted by Crippen LogP contribution is -2.23. The van der Waals surface area contributed by atoms with E-state index in [2.05, 4.69) is 20.7 Å². The Balaban J connectivity index is 2.23. The quantitative estimate of drug-likeness (QED) is 0.725. The first-order valence-electron chi connectivity index (χ1n) is 5.58. The molecule has 0 radical (unpaired) electrons. The van der Waals surface area contributed by atoms with Gasteiger partial charge in [-0.15, -0.1) is 11.3 Å². The van der Waals surface area contributed by atoms with Crippen LogP contribution in [-0.2, 0) is 16.6 Å². The van der Waals surface area contributed by atoms with Crippen molar-refractivity contribution in [3.05, 3.63) is 44.6 Å². The van der Waals surface area contributed by atoms with Gasteiger partial charge in [-0.3, -0.25) is 0 Å². The third-order valence-corrected chi connectivity index (χ3v) is 5.66. The zero-order valence-corrected chi connectivity index (χ0v) is 13.6. The molecule has 1 aromatic carbocycles. The van der Waals surface area contributed by atoms with Gasteiger partial charge >= 0.3 is 5.97 Å². The zero-order chi connectivity index (χ0) is 15.6. The van der Waals surface area contributed by atoms with Crippen LogP contribution in [0.1, 0.15) is 15.2 Å². The maximum atomic E-state index is 12.1. The number of thiophene rings is 1. The molecule has 0 saturated carbocycles. The highest BCUT2D eigenvalue weighted by Gasteiger charge is 2.18. The summed E-state index contributed by atoms with van der Waals surface area (Å²) in [5.41, 5.74) is -0.461. The van der Waals surface area contributed by atoms with Crippen LogP contribution >= 0.6 is 27.3 Å². The maximum absolute atomic E-state index is 12.1. The molecule has 0 atom stereocenters. The summed E-state index contributed by atoms with van der Waals surface area (Å²) in [6, 6.07) is 4.89. The molecule has 6 nitrogen and oxygen atoms in total. The number of carboxylic acid groups (broad SMARTS) is 1. The molecule has 0 spiro atoms. The van der Waals surface area contributed by atoms with Gasteiger partial charge in [0.05, 0.1) is 4.90 Å². The Kier molecular flexibility index (Phi) is 4.67. The van der Waals surface area contributed by atoms with Crippen LogP contribution in [0.25, 0.3) is 0 Å². The second-order valence-electron chi connectivity index (χ2n) is 4.04. The third-order valence-electron chi connectivity index (χ3n) is 2.57. The number of carboxylic acids is 1. The van der Waals surface area contributed by atoms with Crippen LogP contribution in [0.2, 0.25) is 0 Å². The minimum Gasteiger partial charge on any atom is -0.507 e. The van der Waals surface area contributed by atoms with E-state index >= 15 is 0 Å². The molecule has 1 heterocycles. The molecule has 112 valence electrons. The number of aromatic hydroxyl groups is 1. The summed E-state index contributed by atoms with van der Waals surface area (Å²) in [7, 11) is -3.86. The van der Waals surface area contributed by atoms with Gasteiger partial charge in [0.15, 0.2) is 0 Å². The van der Waals surface area contributed by atoms with Crippen molar-refractivity contribution in [3.63, 3.8) is 0 Å². The zero-order valence-electron chi connectivity index (χ0n) is 10.4. The molecule has 2 rings (SSSR count). The van der Waals surface area contributed by atoms with E-state index in [4.69, 9.17) is 5.11 Å². The van der Waals surface area contributed by atoms with E-state index in [1.54, 1.807) is 6.07 Å². The van der Waals surface area contributed by atoms with Crippen LogP contribution < -0.4 is 4.72 Å². The number of sulfonamides is 1. The van der Waals surface area contributed by atoms with E-state index in [1.165, 1.54) is 11.3 Å². The standard InChI is InChI=1S/C12H10BrNO5S2/c13-7-3-8(20-6-7)5-14-21(18,19)9-1-2-11(15)10(4-9)12(16)17/h1-4,6,14-15H,5H2,(H,16,17). The number of halogens is 1. The molecule has 0 amide bonds. The number of aromatic carboxylic acids is 1. The van der Waals surface area contributed by atoms with E-state index in [0.717, 1.165) is 27.5 Å². The minimum atomic E-state index is -3.86. The van der Waals surface area contributed by atoms with Crippen molar-refractivity contribution in [3.8, 4) is 5.75 Å². The van der Waals surface area contributed by atoms with Crippen molar-refractivity contribution in [2.45, 2.75) is 11.4 Å². The molecular formula is C12H10BrNO5S2. The number of rotatable bonds is 5. The molecule has 1 aromatic heterocycles.